The molecule has 0 aliphatic carbocycles. The van der Waals surface area contributed by atoms with Crippen LogP contribution in [0.3, 0.4) is 0 Å². The van der Waals surface area contributed by atoms with E-state index in [0.29, 0.717) is 17.9 Å². The van der Waals surface area contributed by atoms with E-state index in [-0.39, 0.29) is 17.7 Å². The summed E-state index contributed by atoms with van der Waals surface area (Å²) in [5.74, 6) is 0.126. The van der Waals surface area contributed by atoms with E-state index >= 15 is 0 Å². The van der Waals surface area contributed by atoms with Crippen molar-refractivity contribution in [2.75, 3.05) is 23.1 Å². The molecule has 0 radical (unpaired) electrons. The molecule has 2 rings (SSSR count). The molecule has 1 aliphatic rings. The standard InChI is InChI=1S/C12H18N4O3S/c1-8-6-14-7-11(8)12(17)15-9-3-2-4-10(5-9)16-20(13,18)19/h2-5,8,11,14,16H,6-7H2,1H3,(H,15,17)(H2,13,18,19). The number of nitrogens with one attached hydrogen (secondary N) is 3. The van der Waals surface area contributed by atoms with Crippen molar-refractivity contribution in [3.8, 4) is 0 Å². The molecular formula is C12H18N4O3S. The van der Waals surface area contributed by atoms with Gasteiger partial charge >= 0.3 is 0 Å². The third kappa shape index (κ3) is 3.92. The number of carbonyl (C=O) groups is 1. The van der Waals surface area contributed by atoms with E-state index in [2.05, 4.69) is 15.4 Å². The molecule has 2 unspecified atom stereocenters. The zero-order valence-electron chi connectivity index (χ0n) is 11.1. The van der Waals surface area contributed by atoms with Crippen LogP contribution in [0.2, 0.25) is 0 Å². The van der Waals surface area contributed by atoms with Gasteiger partial charge in [0.15, 0.2) is 0 Å². The predicted octanol–water partition coefficient (Wildman–Crippen LogP) is 0.0960. The van der Waals surface area contributed by atoms with E-state index in [9.17, 15) is 13.2 Å². The van der Waals surface area contributed by atoms with Gasteiger partial charge < -0.3 is 10.6 Å². The van der Waals surface area contributed by atoms with Gasteiger partial charge in [0.1, 0.15) is 0 Å². The molecule has 1 saturated heterocycles. The molecule has 0 spiro atoms. The first-order valence-corrected chi connectivity index (χ1v) is 7.82. The number of anilines is 2. The van der Waals surface area contributed by atoms with Crippen LogP contribution in [0, 0.1) is 11.8 Å². The second-order valence-electron chi connectivity index (χ2n) is 4.96. The fourth-order valence-corrected chi connectivity index (χ4v) is 2.68. The van der Waals surface area contributed by atoms with Crippen LogP contribution < -0.4 is 20.5 Å². The number of carbonyl (C=O) groups excluding carboxylic acids is 1. The van der Waals surface area contributed by atoms with Gasteiger partial charge in [-0.15, -0.1) is 0 Å². The van der Waals surface area contributed by atoms with Crippen LogP contribution in [0.4, 0.5) is 11.4 Å². The molecule has 1 heterocycles. The Morgan fingerprint density at radius 3 is 2.65 bits per heavy atom. The Morgan fingerprint density at radius 2 is 2.05 bits per heavy atom. The van der Waals surface area contributed by atoms with E-state index in [4.69, 9.17) is 5.14 Å². The minimum atomic E-state index is -3.82. The topological polar surface area (TPSA) is 113 Å². The molecule has 1 fully saturated rings. The average molecular weight is 298 g/mol. The quantitative estimate of drug-likeness (QED) is 0.631. The number of hydrogen-bond donors (Lipinski definition) is 4. The van der Waals surface area contributed by atoms with Gasteiger partial charge in [0.25, 0.3) is 10.2 Å². The molecule has 2 atom stereocenters. The summed E-state index contributed by atoms with van der Waals surface area (Å²) >= 11 is 0. The fourth-order valence-electron chi connectivity index (χ4n) is 2.22. The molecule has 8 heteroatoms. The molecule has 1 aromatic rings. The van der Waals surface area contributed by atoms with Gasteiger partial charge in [0.05, 0.1) is 11.6 Å². The van der Waals surface area contributed by atoms with Gasteiger partial charge in [-0.3, -0.25) is 9.52 Å². The van der Waals surface area contributed by atoms with Crippen LogP contribution in [0.25, 0.3) is 0 Å². The van der Waals surface area contributed by atoms with Crippen molar-refractivity contribution in [2.24, 2.45) is 17.0 Å². The lowest BCUT2D eigenvalue weighted by atomic mass is 9.97. The normalized spacial score (nSPS) is 22.5. The first-order chi connectivity index (χ1) is 9.35. The molecule has 0 aromatic heterocycles. The number of hydrogen-bond acceptors (Lipinski definition) is 4. The summed E-state index contributed by atoms with van der Waals surface area (Å²) in [6.07, 6.45) is 0. The number of benzene rings is 1. The van der Waals surface area contributed by atoms with Crippen LogP contribution in [0.15, 0.2) is 24.3 Å². The van der Waals surface area contributed by atoms with Crippen molar-refractivity contribution < 1.29 is 13.2 Å². The van der Waals surface area contributed by atoms with Gasteiger partial charge in [-0.05, 0) is 30.7 Å². The summed E-state index contributed by atoms with van der Waals surface area (Å²) in [4.78, 5) is 12.1. The van der Waals surface area contributed by atoms with Crippen LogP contribution in [0.1, 0.15) is 6.92 Å². The summed E-state index contributed by atoms with van der Waals surface area (Å²) in [7, 11) is -3.82. The van der Waals surface area contributed by atoms with E-state index < -0.39 is 10.2 Å². The predicted molar refractivity (Wildman–Crippen MR) is 77.3 cm³/mol. The number of nitrogens with two attached hydrogens (primary N) is 1. The Morgan fingerprint density at radius 1 is 1.35 bits per heavy atom. The summed E-state index contributed by atoms with van der Waals surface area (Å²) in [6.45, 7) is 3.50. The summed E-state index contributed by atoms with van der Waals surface area (Å²) in [5, 5.41) is 10.9. The second-order valence-corrected chi connectivity index (χ2v) is 6.25. The van der Waals surface area contributed by atoms with E-state index in [1.807, 2.05) is 6.92 Å². The fraction of sp³-hybridized carbons (Fsp3) is 0.417. The SMILES string of the molecule is CC1CNCC1C(=O)Nc1cccc(NS(N)(=O)=O)c1. The lowest BCUT2D eigenvalue weighted by molar-refractivity contribution is -0.120. The van der Waals surface area contributed by atoms with Gasteiger partial charge in [0, 0.05) is 12.2 Å². The van der Waals surface area contributed by atoms with Crippen molar-refractivity contribution in [1.29, 1.82) is 0 Å². The van der Waals surface area contributed by atoms with Crippen LogP contribution in [-0.4, -0.2) is 27.4 Å². The smallest absolute Gasteiger partial charge is 0.296 e. The third-order valence-corrected chi connectivity index (χ3v) is 3.76. The largest absolute Gasteiger partial charge is 0.326 e. The molecule has 110 valence electrons. The molecular weight excluding hydrogens is 280 g/mol. The Hall–Kier alpha value is -1.64. The van der Waals surface area contributed by atoms with Gasteiger partial charge in [-0.2, -0.15) is 8.42 Å². The Bertz CT molecular complexity index is 602. The number of amides is 1. The van der Waals surface area contributed by atoms with E-state index in [1.165, 1.54) is 6.07 Å². The van der Waals surface area contributed by atoms with Gasteiger partial charge in [-0.1, -0.05) is 13.0 Å². The van der Waals surface area contributed by atoms with Crippen molar-refractivity contribution >= 4 is 27.5 Å². The first kappa shape index (κ1) is 14.8. The Balaban J connectivity index is 2.06. The molecule has 20 heavy (non-hydrogen) atoms. The molecule has 5 N–H and O–H groups in total. The highest BCUT2D eigenvalue weighted by Crippen LogP contribution is 2.20. The zero-order valence-corrected chi connectivity index (χ0v) is 11.9. The molecule has 1 aliphatic heterocycles. The lowest BCUT2D eigenvalue weighted by Gasteiger charge is -2.14. The highest BCUT2D eigenvalue weighted by molar-refractivity contribution is 7.90. The minimum Gasteiger partial charge on any atom is -0.326 e. The third-order valence-electron chi connectivity index (χ3n) is 3.24. The summed E-state index contributed by atoms with van der Waals surface area (Å²) in [5.41, 5.74) is 0.839. The van der Waals surface area contributed by atoms with Crippen molar-refractivity contribution in [2.45, 2.75) is 6.92 Å². The Kier molecular flexibility index (Phi) is 4.26. The average Bonchev–Trinajstić information content (AvgIpc) is 2.73. The van der Waals surface area contributed by atoms with Crippen molar-refractivity contribution in [3.63, 3.8) is 0 Å². The van der Waals surface area contributed by atoms with Crippen molar-refractivity contribution in [1.82, 2.24) is 5.32 Å². The molecule has 0 bridgehead atoms. The molecule has 7 nitrogen and oxygen atoms in total. The highest BCUT2D eigenvalue weighted by Gasteiger charge is 2.29. The van der Waals surface area contributed by atoms with Gasteiger partial charge in [0.2, 0.25) is 5.91 Å². The molecule has 1 aromatic carbocycles. The maximum atomic E-state index is 12.1. The summed E-state index contributed by atoms with van der Waals surface area (Å²) in [6, 6.07) is 6.41. The summed E-state index contributed by atoms with van der Waals surface area (Å²) < 4.78 is 24.1. The maximum absolute atomic E-state index is 12.1. The first-order valence-electron chi connectivity index (χ1n) is 6.27. The number of rotatable bonds is 4. The van der Waals surface area contributed by atoms with Gasteiger partial charge in [-0.25, -0.2) is 5.14 Å². The maximum Gasteiger partial charge on any atom is 0.296 e. The monoisotopic (exact) mass is 298 g/mol. The lowest BCUT2D eigenvalue weighted by Crippen LogP contribution is -2.28. The van der Waals surface area contributed by atoms with Crippen molar-refractivity contribution in [3.05, 3.63) is 24.3 Å². The van der Waals surface area contributed by atoms with E-state index in [0.717, 1.165) is 6.54 Å². The second kappa shape index (κ2) is 5.78. The highest BCUT2D eigenvalue weighted by atomic mass is 32.2. The van der Waals surface area contributed by atoms with E-state index in [1.54, 1.807) is 18.2 Å². The van der Waals surface area contributed by atoms with Crippen LogP contribution in [0.5, 0.6) is 0 Å². The minimum absolute atomic E-state index is 0.0738. The van der Waals surface area contributed by atoms with Crippen LogP contribution >= 0.6 is 0 Å². The Labute approximate surface area is 118 Å². The van der Waals surface area contributed by atoms with Crippen LogP contribution in [-0.2, 0) is 15.0 Å². The molecule has 1 amide bonds. The molecule has 0 saturated carbocycles. The zero-order chi connectivity index (χ0) is 14.8.